The fraction of sp³-hybridized carbons (Fsp3) is 0.394. The van der Waals surface area contributed by atoms with E-state index in [4.69, 9.17) is 19.8 Å². The lowest BCUT2D eigenvalue weighted by atomic mass is 10.1. The van der Waals surface area contributed by atoms with Crippen molar-refractivity contribution in [3.63, 3.8) is 0 Å². The first kappa shape index (κ1) is 29.6. The standard InChI is InChI=1S/C33H38N8O3S/c1-3-39-15-11-27(12-16-39)40-22-25(20-36-40)29-23-41(45(42,43)28-7-5-4-6-8-28)33-32(29)37-30(21-35-33)24-9-10-31(34-19-24)38(2)26-13-17-44-18-14-26/h4-10,19-23,26-27H,3,11-18H2,1-2H3. The second-order valence-electron chi connectivity index (χ2n) is 11.8. The Hall–Kier alpha value is -4.13. The quantitative estimate of drug-likeness (QED) is 0.238. The number of ether oxygens (including phenoxy) is 1. The van der Waals surface area contributed by atoms with Crippen molar-refractivity contribution in [1.29, 1.82) is 0 Å². The highest BCUT2D eigenvalue weighted by molar-refractivity contribution is 7.90. The third-order valence-corrected chi connectivity index (χ3v) is 10.9. The molecule has 0 aliphatic carbocycles. The lowest BCUT2D eigenvalue weighted by Gasteiger charge is -2.32. The van der Waals surface area contributed by atoms with Gasteiger partial charge in [-0.05, 0) is 56.5 Å². The number of rotatable bonds is 8. The van der Waals surface area contributed by atoms with Crippen molar-refractivity contribution in [2.75, 3.05) is 44.8 Å². The second kappa shape index (κ2) is 12.3. The molecule has 0 spiro atoms. The summed E-state index contributed by atoms with van der Waals surface area (Å²) in [6.45, 7) is 6.86. The fourth-order valence-electron chi connectivity index (χ4n) is 6.39. The van der Waals surface area contributed by atoms with Crippen molar-refractivity contribution >= 4 is 27.0 Å². The highest BCUT2D eigenvalue weighted by atomic mass is 32.2. The van der Waals surface area contributed by atoms with Crippen molar-refractivity contribution in [2.24, 2.45) is 0 Å². The lowest BCUT2D eigenvalue weighted by Crippen LogP contribution is -2.37. The maximum Gasteiger partial charge on any atom is 0.269 e. The van der Waals surface area contributed by atoms with Gasteiger partial charge in [0.25, 0.3) is 10.0 Å². The van der Waals surface area contributed by atoms with Gasteiger partial charge in [0.2, 0.25) is 0 Å². The molecular weight excluding hydrogens is 588 g/mol. The molecule has 0 unspecified atom stereocenters. The minimum absolute atomic E-state index is 0.186. The Balaban J connectivity index is 1.27. The van der Waals surface area contributed by atoms with Crippen LogP contribution in [0.2, 0.25) is 0 Å². The molecule has 2 saturated heterocycles. The minimum atomic E-state index is -3.92. The van der Waals surface area contributed by atoms with Gasteiger partial charge in [0.05, 0.1) is 29.0 Å². The maximum absolute atomic E-state index is 13.8. The molecule has 2 fully saturated rings. The second-order valence-corrected chi connectivity index (χ2v) is 13.6. The van der Waals surface area contributed by atoms with E-state index in [1.807, 2.05) is 23.0 Å². The van der Waals surface area contributed by atoms with Gasteiger partial charge < -0.3 is 14.5 Å². The van der Waals surface area contributed by atoms with Gasteiger partial charge in [-0.2, -0.15) is 5.10 Å². The van der Waals surface area contributed by atoms with Crippen LogP contribution in [-0.4, -0.2) is 88.0 Å². The van der Waals surface area contributed by atoms with Gasteiger partial charge in [0.15, 0.2) is 5.65 Å². The zero-order valence-electron chi connectivity index (χ0n) is 25.7. The van der Waals surface area contributed by atoms with E-state index in [1.165, 1.54) is 3.97 Å². The molecule has 0 radical (unpaired) electrons. The van der Waals surface area contributed by atoms with Crippen LogP contribution in [0.4, 0.5) is 5.82 Å². The lowest BCUT2D eigenvalue weighted by molar-refractivity contribution is 0.0853. The predicted octanol–water partition coefficient (Wildman–Crippen LogP) is 4.87. The van der Waals surface area contributed by atoms with E-state index in [2.05, 4.69) is 28.8 Å². The number of hydrogen-bond donors (Lipinski definition) is 0. The van der Waals surface area contributed by atoms with Gasteiger partial charge in [-0.1, -0.05) is 25.1 Å². The van der Waals surface area contributed by atoms with Crippen LogP contribution in [0, 0.1) is 0 Å². The van der Waals surface area contributed by atoms with Crippen LogP contribution in [0.5, 0.6) is 0 Å². The molecular formula is C33H38N8O3S. The van der Waals surface area contributed by atoms with Gasteiger partial charge in [-0.3, -0.25) is 4.68 Å². The number of hydrogen-bond acceptors (Lipinski definition) is 9. The van der Waals surface area contributed by atoms with Crippen LogP contribution in [0.25, 0.3) is 33.5 Å². The fourth-order valence-corrected chi connectivity index (χ4v) is 7.72. The van der Waals surface area contributed by atoms with Crippen molar-refractivity contribution < 1.29 is 13.2 Å². The van der Waals surface area contributed by atoms with E-state index < -0.39 is 10.0 Å². The summed E-state index contributed by atoms with van der Waals surface area (Å²) in [5, 5.41) is 4.72. The first-order valence-corrected chi connectivity index (χ1v) is 17.1. The Morgan fingerprint density at radius 3 is 2.40 bits per heavy atom. The van der Waals surface area contributed by atoms with Crippen LogP contribution >= 0.6 is 0 Å². The third-order valence-electron chi connectivity index (χ3n) is 9.20. The Labute approximate surface area is 263 Å². The molecule has 12 heteroatoms. The monoisotopic (exact) mass is 626 g/mol. The van der Waals surface area contributed by atoms with E-state index in [-0.39, 0.29) is 10.5 Å². The summed E-state index contributed by atoms with van der Waals surface area (Å²) < 4.78 is 36.5. The Morgan fingerprint density at radius 1 is 0.911 bits per heavy atom. The molecule has 0 bridgehead atoms. The van der Waals surface area contributed by atoms with Crippen LogP contribution in [-0.2, 0) is 14.8 Å². The zero-order chi connectivity index (χ0) is 31.0. The SMILES string of the molecule is CCN1CCC(n2cc(-c3cn(S(=O)(=O)c4ccccc4)c4ncc(-c5ccc(N(C)C6CCOCC6)nc5)nc34)cn2)CC1. The summed E-state index contributed by atoms with van der Waals surface area (Å²) in [7, 11) is -1.86. The van der Waals surface area contributed by atoms with Crippen molar-refractivity contribution in [3.05, 3.63) is 73.4 Å². The summed E-state index contributed by atoms with van der Waals surface area (Å²) in [4.78, 5) is 19.3. The molecule has 2 aliphatic heterocycles. The van der Waals surface area contributed by atoms with Gasteiger partial charge in [-0.15, -0.1) is 0 Å². The molecule has 0 atom stereocenters. The highest BCUT2D eigenvalue weighted by Gasteiger charge is 2.26. The molecule has 11 nitrogen and oxygen atoms in total. The van der Waals surface area contributed by atoms with E-state index in [1.54, 1.807) is 55.1 Å². The Kier molecular flexibility index (Phi) is 8.11. The number of fused-ring (bicyclic) bond motifs is 1. The topological polar surface area (TPSA) is 111 Å². The smallest absolute Gasteiger partial charge is 0.269 e. The van der Waals surface area contributed by atoms with E-state index in [9.17, 15) is 8.42 Å². The molecule has 0 amide bonds. The molecule has 0 saturated carbocycles. The molecule has 4 aromatic heterocycles. The van der Waals surface area contributed by atoms with Gasteiger partial charge >= 0.3 is 0 Å². The average Bonchev–Trinajstić information content (AvgIpc) is 3.74. The van der Waals surface area contributed by atoms with Gasteiger partial charge in [0, 0.05) is 74.7 Å². The number of nitrogens with zero attached hydrogens (tertiary/aromatic N) is 8. The molecule has 234 valence electrons. The number of likely N-dealkylation sites (tertiary alicyclic amines) is 1. The number of aromatic nitrogens is 6. The number of benzene rings is 1. The van der Waals surface area contributed by atoms with Gasteiger partial charge in [-0.25, -0.2) is 27.3 Å². The average molecular weight is 627 g/mol. The number of pyridine rings is 1. The molecule has 2 aliphatic rings. The van der Waals surface area contributed by atoms with Gasteiger partial charge in [0.1, 0.15) is 11.3 Å². The first-order chi connectivity index (χ1) is 21.9. The summed E-state index contributed by atoms with van der Waals surface area (Å²) >= 11 is 0. The molecule has 0 N–H and O–H groups in total. The van der Waals surface area contributed by atoms with Crippen LogP contribution in [0.15, 0.2) is 78.3 Å². The third kappa shape index (κ3) is 5.73. The normalized spacial score (nSPS) is 17.2. The zero-order valence-corrected chi connectivity index (χ0v) is 26.5. The summed E-state index contributed by atoms with van der Waals surface area (Å²) in [5.41, 5.74) is 3.65. The molecule has 5 aromatic rings. The van der Waals surface area contributed by atoms with Crippen LogP contribution in [0.1, 0.15) is 38.6 Å². The summed E-state index contributed by atoms with van der Waals surface area (Å²) in [5.74, 6) is 0.887. The molecule has 7 rings (SSSR count). The summed E-state index contributed by atoms with van der Waals surface area (Å²) in [6, 6.07) is 13.1. The Bertz CT molecular complexity index is 1870. The van der Waals surface area contributed by atoms with E-state index >= 15 is 0 Å². The Morgan fingerprint density at radius 2 is 1.69 bits per heavy atom. The minimum Gasteiger partial charge on any atom is -0.381 e. The van der Waals surface area contributed by atoms with Crippen LogP contribution in [0.3, 0.4) is 0 Å². The summed E-state index contributed by atoms with van der Waals surface area (Å²) in [6.07, 6.45) is 12.9. The largest absolute Gasteiger partial charge is 0.381 e. The molecule has 1 aromatic carbocycles. The van der Waals surface area contributed by atoms with Crippen molar-refractivity contribution in [1.82, 2.24) is 33.6 Å². The molecule has 6 heterocycles. The van der Waals surface area contributed by atoms with Crippen molar-refractivity contribution in [2.45, 2.75) is 49.6 Å². The van der Waals surface area contributed by atoms with Crippen LogP contribution < -0.4 is 4.90 Å². The molecule has 45 heavy (non-hydrogen) atoms. The maximum atomic E-state index is 13.8. The predicted molar refractivity (Wildman–Crippen MR) is 174 cm³/mol. The number of anilines is 1. The van der Waals surface area contributed by atoms with E-state index in [0.29, 0.717) is 28.9 Å². The first-order valence-electron chi connectivity index (χ1n) is 15.6. The highest BCUT2D eigenvalue weighted by Crippen LogP contribution is 2.34. The van der Waals surface area contributed by atoms with Crippen molar-refractivity contribution in [3.8, 4) is 22.4 Å². The number of piperidine rings is 1. The van der Waals surface area contributed by atoms with E-state index in [0.717, 1.165) is 75.5 Å².